The van der Waals surface area contributed by atoms with Gasteiger partial charge < -0.3 is 5.32 Å². The lowest BCUT2D eigenvalue weighted by Gasteiger charge is -2.28. The lowest BCUT2D eigenvalue weighted by Crippen LogP contribution is -2.43. The van der Waals surface area contributed by atoms with Crippen LogP contribution in [0.5, 0.6) is 0 Å². The topological polar surface area (TPSA) is 72.2 Å². The van der Waals surface area contributed by atoms with Crippen molar-refractivity contribution in [2.45, 2.75) is 12.1 Å². The third-order valence-electron chi connectivity index (χ3n) is 3.47. The molecule has 0 saturated heterocycles. The third kappa shape index (κ3) is 1.93. The summed E-state index contributed by atoms with van der Waals surface area (Å²) in [4.78, 5) is 23.2. The summed E-state index contributed by atoms with van der Waals surface area (Å²) in [6, 6.07) is 14.0. The van der Waals surface area contributed by atoms with Crippen molar-refractivity contribution < 1.29 is 9.72 Å². The Morgan fingerprint density at radius 2 is 1.65 bits per heavy atom. The smallest absolute Gasteiger partial charge is 0.298 e. The highest BCUT2D eigenvalue weighted by Crippen LogP contribution is 2.33. The molecule has 1 N–H and O–H groups in total. The Morgan fingerprint density at radius 1 is 1.00 bits per heavy atom. The molecular formula is C15H12N2O3. The molecule has 2 aromatic rings. The molecule has 0 amide bonds. The van der Waals surface area contributed by atoms with Crippen LogP contribution in [0, 0.1) is 10.1 Å². The van der Waals surface area contributed by atoms with E-state index < -0.39 is 22.8 Å². The van der Waals surface area contributed by atoms with Gasteiger partial charge in [-0.25, -0.2) is 0 Å². The Morgan fingerprint density at radius 3 is 2.35 bits per heavy atom. The van der Waals surface area contributed by atoms with Crippen molar-refractivity contribution in [2.24, 2.45) is 0 Å². The van der Waals surface area contributed by atoms with E-state index in [1.807, 2.05) is 6.07 Å². The predicted octanol–water partition coefficient (Wildman–Crippen LogP) is 2.68. The fraction of sp³-hybridized carbons (Fsp3) is 0.133. The van der Waals surface area contributed by atoms with Crippen LogP contribution in [0.3, 0.4) is 0 Å². The van der Waals surface area contributed by atoms with Gasteiger partial charge in [0.05, 0.1) is 0 Å². The summed E-state index contributed by atoms with van der Waals surface area (Å²) in [7, 11) is 0. The first-order chi connectivity index (χ1) is 9.68. The molecule has 0 fully saturated rings. The van der Waals surface area contributed by atoms with E-state index in [1.54, 1.807) is 48.5 Å². The highest BCUT2D eigenvalue weighted by molar-refractivity contribution is 6.06. The van der Waals surface area contributed by atoms with Gasteiger partial charge in [0, 0.05) is 16.2 Å². The van der Waals surface area contributed by atoms with Crippen LogP contribution in [-0.2, 0) is 0 Å². The Kier molecular flexibility index (Phi) is 2.95. The van der Waals surface area contributed by atoms with Crippen molar-refractivity contribution in [3.8, 4) is 0 Å². The second-order valence-corrected chi connectivity index (χ2v) is 4.67. The molecule has 3 rings (SSSR count). The first-order valence-corrected chi connectivity index (χ1v) is 6.26. The zero-order valence-electron chi connectivity index (χ0n) is 10.5. The molecule has 0 spiro atoms. The number of hydrogen-bond donors (Lipinski definition) is 1. The number of carbonyl (C=O) groups excluding carboxylic acids is 1. The minimum Gasteiger partial charge on any atom is -0.371 e. The van der Waals surface area contributed by atoms with Gasteiger partial charge in [-0.3, -0.25) is 14.9 Å². The lowest BCUT2D eigenvalue weighted by atomic mass is 9.88. The molecule has 1 heterocycles. The molecule has 0 aromatic heterocycles. The Labute approximate surface area is 115 Å². The maximum absolute atomic E-state index is 12.4. The number of fused-ring (bicyclic) bond motifs is 1. The summed E-state index contributed by atoms with van der Waals surface area (Å²) in [5, 5.41) is 14.4. The number of nitrogens with one attached hydrogen (secondary N) is 1. The van der Waals surface area contributed by atoms with Gasteiger partial charge in [0.1, 0.15) is 6.04 Å². The molecule has 1 aliphatic heterocycles. The molecule has 2 aromatic carbocycles. The molecule has 100 valence electrons. The number of benzene rings is 2. The fourth-order valence-electron chi connectivity index (χ4n) is 2.52. The van der Waals surface area contributed by atoms with E-state index in [1.165, 1.54) is 0 Å². The van der Waals surface area contributed by atoms with Crippen molar-refractivity contribution in [2.75, 3.05) is 5.32 Å². The molecule has 0 aliphatic carbocycles. The second-order valence-electron chi connectivity index (χ2n) is 4.67. The van der Waals surface area contributed by atoms with E-state index in [9.17, 15) is 14.9 Å². The molecule has 0 bridgehead atoms. The van der Waals surface area contributed by atoms with Gasteiger partial charge >= 0.3 is 0 Å². The number of rotatable bonds is 2. The zero-order chi connectivity index (χ0) is 14.1. The summed E-state index contributed by atoms with van der Waals surface area (Å²) in [5.41, 5.74) is 1.75. The van der Waals surface area contributed by atoms with Gasteiger partial charge in [0.25, 0.3) is 6.04 Å². The van der Waals surface area contributed by atoms with Crippen molar-refractivity contribution in [1.29, 1.82) is 0 Å². The average Bonchev–Trinajstić information content (AvgIpc) is 2.47. The van der Waals surface area contributed by atoms with E-state index in [-0.39, 0.29) is 0 Å². The summed E-state index contributed by atoms with van der Waals surface area (Å²) in [5.74, 6) is -0.446. The lowest BCUT2D eigenvalue weighted by molar-refractivity contribution is -0.508. The summed E-state index contributed by atoms with van der Waals surface area (Å²) in [6.45, 7) is 0. The molecule has 5 heteroatoms. The van der Waals surface area contributed by atoms with E-state index in [0.717, 1.165) is 5.56 Å². The monoisotopic (exact) mass is 268 g/mol. The van der Waals surface area contributed by atoms with E-state index >= 15 is 0 Å². The molecule has 2 atom stereocenters. The molecule has 0 saturated carbocycles. The maximum Gasteiger partial charge on any atom is 0.298 e. The van der Waals surface area contributed by atoms with Crippen molar-refractivity contribution in [1.82, 2.24) is 0 Å². The number of hydrogen-bond acceptors (Lipinski definition) is 4. The number of ketones is 1. The standard InChI is InChI=1S/C15H12N2O3/c18-15-11-8-4-5-9-12(11)16-13(14(15)17(19)20)10-6-2-1-3-7-10/h1-9,13-14,16H/t13-,14-/m1/s1. The van der Waals surface area contributed by atoms with Gasteiger partial charge in [-0.15, -0.1) is 0 Å². The summed E-state index contributed by atoms with van der Waals surface area (Å²) < 4.78 is 0. The zero-order valence-corrected chi connectivity index (χ0v) is 10.5. The minimum absolute atomic E-state index is 0.376. The number of Topliss-reactive ketones (excluding diaryl/α,β-unsaturated/α-hetero) is 1. The van der Waals surface area contributed by atoms with Crippen LogP contribution in [0.1, 0.15) is 22.0 Å². The van der Waals surface area contributed by atoms with E-state index in [2.05, 4.69) is 5.32 Å². The van der Waals surface area contributed by atoms with Crippen LogP contribution < -0.4 is 5.32 Å². The Balaban J connectivity index is 2.11. The largest absolute Gasteiger partial charge is 0.371 e. The highest BCUT2D eigenvalue weighted by Gasteiger charge is 2.44. The maximum atomic E-state index is 12.4. The van der Waals surface area contributed by atoms with Gasteiger partial charge in [0.2, 0.25) is 5.78 Å². The molecule has 1 aliphatic rings. The number of nitro groups is 1. The van der Waals surface area contributed by atoms with E-state index in [0.29, 0.717) is 11.3 Å². The molecule has 0 radical (unpaired) electrons. The van der Waals surface area contributed by atoms with Crippen molar-refractivity contribution in [3.05, 3.63) is 75.8 Å². The first kappa shape index (κ1) is 12.3. The van der Waals surface area contributed by atoms with Crippen molar-refractivity contribution >= 4 is 11.5 Å². The SMILES string of the molecule is O=C1c2ccccc2N[C@H](c2ccccc2)[C@H]1[N+](=O)[O-]. The van der Waals surface area contributed by atoms with Gasteiger partial charge in [-0.1, -0.05) is 42.5 Å². The van der Waals surface area contributed by atoms with Crippen LogP contribution in [0.2, 0.25) is 0 Å². The normalized spacial score (nSPS) is 20.9. The quantitative estimate of drug-likeness (QED) is 0.671. The van der Waals surface area contributed by atoms with Crippen LogP contribution >= 0.6 is 0 Å². The Bertz CT molecular complexity index is 670. The summed E-state index contributed by atoms with van der Waals surface area (Å²) >= 11 is 0. The average molecular weight is 268 g/mol. The first-order valence-electron chi connectivity index (χ1n) is 6.26. The number of nitrogens with zero attached hydrogens (tertiary/aromatic N) is 1. The van der Waals surface area contributed by atoms with Gasteiger partial charge in [-0.2, -0.15) is 0 Å². The van der Waals surface area contributed by atoms with Crippen LogP contribution in [0.4, 0.5) is 5.69 Å². The number of anilines is 1. The molecular weight excluding hydrogens is 256 g/mol. The van der Waals surface area contributed by atoms with Crippen LogP contribution in [-0.4, -0.2) is 16.7 Å². The number of carbonyl (C=O) groups is 1. The second kappa shape index (κ2) is 4.77. The molecule has 0 unspecified atom stereocenters. The minimum atomic E-state index is -1.30. The molecule has 20 heavy (non-hydrogen) atoms. The summed E-state index contributed by atoms with van der Waals surface area (Å²) in [6.07, 6.45) is 0. The fourth-order valence-corrected chi connectivity index (χ4v) is 2.52. The third-order valence-corrected chi connectivity index (χ3v) is 3.47. The van der Waals surface area contributed by atoms with Crippen molar-refractivity contribution in [3.63, 3.8) is 0 Å². The Hall–Kier alpha value is -2.69. The molecule has 5 nitrogen and oxygen atoms in total. The van der Waals surface area contributed by atoms with Gasteiger partial charge in [-0.05, 0) is 17.7 Å². The highest BCUT2D eigenvalue weighted by atomic mass is 16.6. The van der Waals surface area contributed by atoms with Crippen LogP contribution in [0.15, 0.2) is 54.6 Å². The number of para-hydroxylation sites is 1. The predicted molar refractivity (Wildman–Crippen MR) is 74.4 cm³/mol. The van der Waals surface area contributed by atoms with E-state index in [4.69, 9.17) is 0 Å². The van der Waals surface area contributed by atoms with Crippen LogP contribution in [0.25, 0.3) is 0 Å². The van der Waals surface area contributed by atoms with Gasteiger partial charge in [0.15, 0.2) is 0 Å².